The minimum absolute atomic E-state index is 0.124. The van der Waals surface area contributed by atoms with E-state index in [-0.39, 0.29) is 11.8 Å². The van der Waals surface area contributed by atoms with Gasteiger partial charge >= 0.3 is 0 Å². The van der Waals surface area contributed by atoms with Crippen LogP contribution < -0.4 is 10.6 Å². The zero-order valence-electron chi connectivity index (χ0n) is 15.5. The smallest absolute Gasteiger partial charge is 0.258 e. The number of rotatable bonds is 5. The monoisotopic (exact) mass is 420 g/mol. The zero-order chi connectivity index (χ0) is 20.1. The number of hydrogen-bond donors (Lipinski definition) is 2. The SMILES string of the molecule is CC(=O)N1CCC(CNc2ccc(Cl)cc2C(=O)Nc2ccc(Cl)cn2)CC1. The van der Waals surface area contributed by atoms with E-state index in [1.165, 1.54) is 6.20 Å². The topological polar surface area (TPSA) is 74.3 Å². The molecule has 0 spiro atoms. The van der Waals surface area contributed by atoms with Gasteiger partial charge in [0.1, 0.15) is 5.82 Å². The molecule has 1 saturated heterocycles. The van der Waals surface area contributed by atoms with Crippen molar-refractivity contribution in [2.75, 3.05) is 30.3 Å². The molecule has 0 unspecified atom stereocenters. The van der Waals surface area contributed by atoms with Crippen molar-refractivity contribution in [3.63, 3.8) is 0 Å². The largest absolute Gasteiger partial charge is 0.384 e. The summed E-state index contributed by atoms with van der Waals surface area (Å²) >= 11 is 11.9. The number of carbonyl (C=O) groups is 2. The fraction of sp³-hybridized carbons (Fsp3) is 0.350. The van der Waals surface area contributed by atoms with Gasteiger partial charge in [-0.3, -0.25) is 9.59 Å². The number of likely N-dealkylation sites (tertiary alicyclic amines) is 1. The molecule has 2 heterocycles. The van der Waals surface area contributed by atoms with Gasteiger partial charge in [0.2, 0.25) is 5.91 Å². The molecule has 1 aromatic heterocycles. The van der Waals surface area contributed by atoms with Crippen LogP contribution in [0, 0.1) is 5.92 Å². The van der Waals surface area contributed by atoms with Gasteiger partial charge in [-0.15, -0.1) is 0 Å². The Hall–Kier alpha value is -2.31. The molecular formula is C20H22Cl2N4O2. The van der Waals surface area contributed by atoms with Gasteiger partial charge in [0.05, 0.1) is 10.6 Å². The van der Waals surface area contributed by atoms with E-state index in [1.54, 1.807) is 37.3 Å². The molecular weight excluding hydrogens is 399 g/mol. The highest BCUT2D eigenvalue weighted by Gasteiger charge is 2.21. The van der Waals surface area contributed by atoms with Crippen molar-refractivity contribution < 1.29 is 9.59 Å². The minimum Gasteiger partial charge on any atom is -0.384 e. The van der Waals surface area contributed by atoms with Crippen molar-refractivity contribution >= 4 is 46.5 Å². The van der Waals surface area contributed by atoms with Crippen molar-refractivity contribution in [2.45, 2.75) is 19.8 Å². The Morgan fingerprint density at radius 2 is 1.86 bits per heavy atom. The summed E-state index contributed by atoms with van der Waals surface area (Å²) in [6.07, 6.45) is 3.36. The van der Waals surface area contributed by atoms with E-state index < -0.39 is 0 Å². The zero-order valence-corrected chi connectivity index (χ0v) is 17.1. The second-order valence-corrected chi connectivity index (χ2v) is 7.71. The van der Waals surface area contributed by atoms with Gasteiger partial charge in [0, 0.05) is 43.5 Å². The van der Waals surface area contributed by atoms with Crippen LogP contribution in [-0.4, -0.2) is 41.3 Å². The fourth-order valence-corrected chi connectivity index (χ4v) is 3.48. The lowest BCUT2D eigenvalue weighted by Crippen LogP contribution is -2.38. The van der Waals surface area contributed by atoms with Crippen molar-refractivity contribution in [1.82, 2.24) is 9.88 Å². The van der Waals surface area contributed by atoms with E-state index in [9.17, 15) is 9.59 Å². The molecule has 0 radical (unpaired) electrons. The summed E-state index contributed by atoms with van der Waals surface area (Å²) in [5.41, 5.74) is 1.16. The highest BCUT2D eigenvalue weighted by molar-refractivity contribution is 6.31. The Bertz CT molecular complexity index is 850. The molecule has 8 heteroatoms. The average Bonchev–Trinajstić information content (AvgIpc) is 2.69. The molecule has 0 saturated carbocycles. The van der Waals surface area contributed by atoms with E-state index in [1.807, 2.05) is 4.90 Å². The third-order valence-corrected chi connectivity index (χ3v) is 5.29. The molecule has 3 rings (SSSR count). The number of nitrogens with zero attached hydrogens (tertiary/aromatic N) is 2. The predicted octanol–water partition coefficient (Wildman–Crippen LogP) is 4.31. The van der Waals surface area contributed by atoms with Crippen molar-refractivity contribution in [3.05, 3.63) is 52.1 Å². The summed E-state index contributed by atoms with van der Waals surface area (Å²) in [4.78, 5) is 30.1. The van der Waals surface area contributed by atoms with Crippen LogP contribution in [0.5, 0.6) is 0 Å². The maximum absolute atomic E-state index is 12.7. The summed E-state index contributed by atoms with van der Waals surface area (Å²) < 4.78 is 0. The van der Waals surface area contributed by atoms with Crippen molar-refractivity contribution in [3.8, 4) is 0 Å². The summed E-state index contributed by atoms with van der Waals surface area (Å²) in [5.74, 6) is 0.683. The first-order valence-electron chi connectivity index (χ1n) is 9.14. The first kappa shape index (κ1) is 20.4. The Kier molecular flexibility index (Phi) is 6.75. The van der Waals surface area contributed by atoms with Crippen molar-refractivity contribution in [2.24, 2.45) is 5.92 Å². The first-order chi connectivity index (χ1) is 13.4. The summed E-state index contributed by atoms with van der Waals surface area (Å²) in [7, 11) is 0. The second-order valence-electron chi connectivity index (χ2n) is 6.84. The molecule has 0 bridgehead atoms. The van der Waals surface area contributed by atoms with Gasteiger partial charge < -0.3 is 15.5 Å². The number of anilines is 2. The lowest BCUT2D eigenvalue weighted by atomic mass is 9.96. The number of amides is 2. The van der Waals surface area contributed by atoms with Crippen LogP contribution in [-0.2, 0) is 4.79 Å². The molecule has 1 aliphatic rings. The number of hydrogen-bond acceptors (Lipinski definition) is 4. The van der Waals surface area contributed by atoms with E-state index in [2.05, 4.69) is 15.6 Å². The second kappa shape index (κ2) is 9.26. The van der Waals surface area contributed by atoms with Crippen LogP contribution in [0.15, 0.2) is 36.5 Å². The number of carbonyl (C=O) groups excluding carboxylic acids is 2. The average molecular weight is 421 g/mol. The standard InChI is InChI=1S/C20H22Cl2N4O2/c1-13(27)26-8-6-14(7-9-26)11-23-18-4-2-15(21)10-17(18)20(28)25-19-5-3-16(22)12-24-19/h2-5,10,12,14,23H,6-9,11H2,1H3,(H,24,25,28). The third-order valence-electron chi connectivity index (χ3n) is 4.84. The Balaban J connectivity index is 1.64. The summed E-state index contributed by atoms with van der Waals surface area (Å²) in [6.45, 7) is 3.88. The summed E-state index contributed by atoms with van der Waals surface area (Å²) in [6, 6.07) is 8.49. The van der Waals surface area contributed by atoms with Gasteiger partial charge in [-0.1, -0.05) is 23.2 Å². The minimum atomic E-state index is -0.300. The molecule has 148 valence electrons. The summed E-state index contributed by atoms with van der Waals surface area (Å²) in [5, 5.41) is 7.10. The Morgan fingerprint density at radius 3 is 2.50 bits per heavy atom. The maximum atomic E-state index is 12.7. The Labute approximate surface area is 174 Å². The Morgan fingerprint density at radius 1 is 1.14 bits per heavy atom. The van der Waals surface area contributed by atoms with Gasteiger partial charge in [-0.25, -0.2) is 4.98 Å². The van der Waals surface area contributed by atoms with Gasteiger partial charge in [-0.05, 0) is 49.1 Å². The number of piperidine rings is 1. The highest BCUT2D eigenvalue weighted by Crippen LogP contribution is 2.24. The molecule has 6 nitrogen and oxygen atoms in total. The number of pyridine rings is 1. The van der Waals surface area contributed by atoms with Crippen LogP contribution >= 0.6 is 23.2 Å². The lowest BCUT2D eigenvalue weighted by molar-refractivity contribution is -0.130. The lowest BCUT2D eigenvalue weighted by Gasteiger charge is -2.31. The van der Waals surface area contributed by atoms with Crippen LogP contribution in [0.1, 0.15) is 30.1 Å². The van der Waals surface area contributed by atoms with Crippen LogP contribution in [0.2, 0.25) is 10.0 Å². The molecule has 28 heavy (non-hydrogen) atoms. The van der Waals surface area contributed by atoms with Gasteiger partial charge in [0.25, 0.3) is 5.91 Å². The fourth-order valence-electron chi connectivity index (χ4n) is 3.20. The molecule has 0 aliphatic carbocycles. The van der Waals surface area contributed by atoms with Gasteiger partial charge in [-0.2, -0.15) is 0 Å². The quantitative estimate of drug-likeness (QED) is 0.755. The van der Waals surface area contributed by atoms with Crippen LogP contribution in [0.3, 0.4) is 0 Å². The molecule has 0 atom stereocenters. The van der Waals surface area contributed by atoms with Crippen molar-refractivity contribution in [1.29, 1.82) is 0 Å². The number of nitrogens with one attached hydrogen (secondary N) is 2. The molecule has 2 amide bonds. The van der Waals surface area contributed by atoms with E-state index in [0.29, 0.717) is 33.0 Å². The maximum Gasteiger partial charge on any atom is 0.258 e. The normalized spacial score (nSPS) is 14.6. The van der Waals surface area contributed by atoms with E-state index >= 15 is 0 Å². The van der Waals surface area contributed by atoms with Gasteiger partial charge in [0.15, 0.2) is 0 Å². The number of halogens is 2. The first-order valence-corrected chi connectivity index (χ1v) is 9.90. The van der Waals surface area contributed by atoms with E-state index in [4.69, 9.17) is 23.2 Å². The van der Waals surface area contributed by atoms with Crippen LogP contribution in [0.25, 0.3) is 0 Å². The van der Waals surface area contributed by atoms with E-state index in [0.717, 1.165) is 32.5 Å². The molecule has 1 fully saturated rings. The number of aromatic nitrogens is 1. The molecule has 2 N–H and O–H groups in total. The third kappa shape index (κ3) is 5.36. The number of benzene rings is 1. The predicted molar refractivity (Wildman–Crippen MR) is 112 cm³/mol. The van der Waals surface area contributed by atoms with Crippen LogP contribution in [0.4, 0.5) is 11.5 Å². The molecule has 1 aromatic carbocycles. The molecule has 2 aromatic rings. The highest BCUT2D eigenvalue weighted by atomic mass is 35.5. The molecule has 1 aliphatic heterocycles.